The lowest BCUT2D eigenvalue weighted by atomic mass is 10.4. The first-order valence-corrected chi connectivity index (χ1v) is 3.87. The van der Waals surface area contributed by atoms with Crippen molar-refractivity contribution < 1.29 is 0 Å². The van der Waals surface area contributed by atoms with E-state index >= 15 is 0 Å². The molecule has 0 aliphatic rings. The summed E-state index contributed by atoms with van der Waals surface area (Å²) in [6.07, 6.45) is 1.74. The minimum Gasteiger partial charge on any atom is -0.382 e. The number of rotatable bonds is 1. The van der Waals surface area contributed by atoms with E-state index in [1.807, 2.05) is 19.1 Å². The van der Waals surface area contributed by atoms with Crippen LogP contribution in [-0.2, 0) is 0 Å². The lowest BCUT2D eigenvalue weighted by molar-refractivity contribution is 0.809. The molecule has 0 aliphatic heterocycles. The van der Waals surface area contributed by atoms with Gasteiger partial charge in [-0.3, -0.25) is 0 Å². The lowest BCUT2D eigenvalue weighted by Crippen LogP contribution is -2.00. The minimum absolute atomic E-state index is 0.474. The van der Waals surface area contributed by atoms with Crippen molar-refractivity contribution in [3.8, 4) is 5.82 Å². The number of anilines is 1. The van der Waals surface area contributed by atoms with Gasteiger partial charge in [0.25, 0.3) is 0 Å². The number of nitrogens with zero attached hydrogens (tertiary/aromatic N) is 4. The predicted octanol–water partition coefficient (Wildman–Crippen LogP) is 0.553. The van der Waals surface area contributed by atoms with Gasteiger partial charge in [-0.2, -0.15) is 5.10 Å². The zero-order valence-corrected chi connectivity index (χ0v) is 7.18. The first kappa shape index (κ1) is 7.72. The summed E-state index contributed by atoms with van der Waals surface area (Å²) in [4.78, 5) is 0. The van der Waals surface area contributed by atoms with Crippen molar-refractivity contribution in [1.29, 1.82) is 0 Å². The number of nitrogen functional groups attached to an aromatic ring is 1. The van der Waals surface area contributed by atoms with Crippen LogP contribution in [0.25, 0.3) is 5.82 Å². The monoisotopic (exact) mass is 175 g/mol. The summed E-state index contributed by atoms with van der Waals surface area (Å²) < 4.78 is 1.59. The Labute approximate surface area is 75.2 Å². The highest BCUT2D eigenvalue weighted by molar-refractivity contribution is 5.29. The summed E-state index contributed by atoms with van der Waals surface area (Å²) in [7, 11) is 0. The van der Waals surface area contributed by atoms with Crippen LogP contribution < -0.4 is 5.73 Å². The molecule has 0 radical (unpaired) electrons. The maximum atomic E-state index is 5.47. The third-order valence-corrected chi connectivity index (χ3v) is 1.63. The van der Waals surface area contributed by atoms with Crippen molar-refractivity contribution in [2.45, 2.75) is 6.92 Å². The Kier molecular flexibility index (Phi) is 1.70. The lowest BCUT2D eigenvalue weighted by Gasteiger charge is -1.97. The zero-order valence-electron chi connectivity index (χ0n) is 7.18. The normalized spacial score (nSPS) is 10.2. The third-order valence-electron chi connectivity index (χ3n) is 1.63. The van der Waals surface area contributed by atoms with E-state index in [1.54, 1.807) is 16.9 Å². The molecule has 2 N–H and O–H groups in total. The van der Waals surface area contributed by atoms with Gasteiger partial charge >= 0.3 is 0 Å². The van der Waals surface area contributed by atoms with Crippen molar-refractivity contribution in [2.75, 3.05) is 5.73 Å². The van der Waals surface area contributed by atoms with E-state index in [2.05, 4.69) is 15.3 Å². The van der Waals surface area contributed by atoms with Gasteiger partial charge in [0.15, 0.2) is 5.82 Å². The highest BCUT2D eigenvalue weighted by atomic mass is 15.3. The van der Waals surface area contributed by atoms with Crippen molar-refractivity contribution in [3.63, 3.8) is 0 Å². The van der Waals surface area contributed by atoms with Gasteiger partial charge in [0.1, 0.15) is 5.82 Å². The van der Waals surface area contributed by atoms with Crippen LogP contribution in [0.5, 0.6) is 0 Å². The van der Waals surface area contributed by atoms with Gasteiger partial charge in [-0.1, -0.05) is 0 Å². The van der Waals surface area contributed by atoms with Gasteiger partial charge in [0.2, 0.25) is 0 Å². The molecule has 0 aliphatic carbocycles. The van der Waals surface area contributed by atoms with E-state index in [4.69, 9.17) is 5.73 Å². The average molecular weight is 175 g/mol. The minimum atomic E-state index is 0.474. The molecule has 0 atom stereocenters. The predicted molar refractivity (Wildman–Crippen MR) is 48.3 cm³/mol. The molecule has 0 fully saturated rings. The third kappa shape index (κ3) is 1.48. The molecule has 5 heteroatoms. The molecule has 0 saturated heterocycles. The van der Waals surface area contributed by atoms with Crippen molar-refractivity contribution >= 4 is 5.82 Å². The Morgan fingerprint density at radius 2 is 2.08 bits per heavy atom. The number of aromatic nitrogens is 4. The molecule has 66 valence electrons. The molecule has 2 heterocycles. The van der Waals surface area contributed by atoms with Gasteiger partial charge in [0.05, 0.1) is 5.69 Å². The highest BCUT2D eigenvalue weighted by Gasteiger charge is 1.99. The summed E-state index contributed by atoms with van der Waals surface area (Å²) in [6, 6.07) is 5.43. The smallest absolute Gasteiger partial charge is 0.175 e. The van der Waals surface area contributed by atoms with Crippen LogP contribution in [0.2, 0.25) is 0 Å². The first-order valence-electron chi connectivity index (χ1n) is 3.87. The van der Waals surface area contributed by atoms with Gasteiger partial charge in [-0.05, 0) is 19.1 Å². The fourth-order valence-electron chi connectivity index (χ4n) is 0.980. The van der Waals surface area contributed by atoms with E-state index in [0.717, 1.165) is 5.69 Å². The van der Waals surface area contributed by atoms with Crippen molar-refractivity contribution in [2.24, 2.45) is 0 Å². The van der Waals surface area contributed by atoms with Crippen molar-refractivity contribution in [3.05, 3.63) is 30.1 Å². The van der Waals surface area contributed by atoms with Gasteiger partial charge < -0.3 is 5.73 Å². The zero-order chi connectivity index (χ0) is 9.26. The maximum absolute atomic E-state index is 5.47. The van der Waals surface area contributed by atoms with Crippen LogP contribution in [0.1, 0.15) is 5.69 Å². The van der Waals surface area contributed by atoms with E-state index in [1.165, 1.54) is 0 Å². The fraction of sp³-hybridized carbons (Fsp3) is 0.125. The molecule has 2 rings (SSSR count). The molecule has 0 aromatic carbocycles. The molecular formula is C8H9N5. The Morgan fingerprint density at radius 1 is 1.23 bits per heavy atom. The van der Waals surface area contributed by atoms with E-state index in [0.29, 0.717) is 11.6 Å². The molecule has 0 amide bonds. The largest absolute Gasteiger partial charge is 0.382 e. The molecule has 0 unspecified atom stereocenters. The molecule has 5 nitrogen and oxygen atoms in total. The van der Waals surface area contributed by atoms with Crippen LogP contribution in [0.4, 0.5) is 5.82 Å². The molecule has 0 saturated carbocycles. The van der Waals surface area contributed by atoms with Gasteiger partial charge in [0, 0.05) is 12.3 Å². The summed E-state index contributed by atoms with van der Waals surface area (Å²) in [5, 5.41) is 11.9. The topological polar surface area (TPSA) is 69.6 Å². The second-order valence-corrected chi connectivity index (χ2v) is 2.72. The van der Waals surface area contributed by atoms with Crippen LogP contribution >= 0.6 is 0 Å². The van der Waals surface area contributed by atoms with Crippen LogP contribution in [0, 0.1) is 6.92 Å². The average Bonchev–Trinajstić information content (AvgIpc) is 2.53. The van der Waals surface area contributed by atoms with Crippen molar-refractivity contribution in [1.82, 2.24) is 20.0 Å². The van der Waals surface area contributed by atoms with Gasteiger partial charge in [-0.15, -0.1) is 10.2 Å². The van der Waals surface area contributed by atoms with E-state index < -0.39 is 0 Å². The Morgan fingerprint density at radius 3 is 2.62 bits per heavy atom. The Balaban J connectivity index is 2.41. The quantitative estimate of drug-likeness (QED) is 0.687. The fourth-order valence-corrected chi connectivity index (χ4v) is 0.980. The standard InChI is InChI=1S/C8H9N5/c1-6-2-3-8(11-10-6)13-5-4-7(9)12-13/h2-5H,1H3,(H2,9,12). The molecular weight excluding hydrogens is 166 g/mol. The second kappa shape index (κ2) is 2.85. The molecule has 0 spiro atoms. The van der Waals surface area contributed by atoms with Crippen LogP contribution in [-0.4, -0.2) is 20.0 Å². The number of nitrogens with two attached hydrogens (primary N) is 1. The summed E-state index contributed by atoms with van der Waals surface area (Å²) in [5.74, 6) is 1.14. The Hall–Kier alpha value is -1.91. The second-order valence-electron chi connectivity index (χ2n) is 2.72. The van der Waals surface area contributed by atoms with Crippen LogP contribution in [0.15, 0.2) is 24.4 Å². The summed E-state index contributed by atoms with van der Waals surface area (Å²) in [6.45, 7) is 1.88. The maximum Gasteiger partial charge on any atom is 0.175 e. The number of aryl methyl sites for hydroxylation is 1. The molecule has 0 bridgehead atoms. The molecule has 2 aromatic rings. The number of hydrogen-bond acceptors (Lipinski definition) is 4. The number of hydrogen-bond donors (Lipinski definition) is 1. The van der Waals surface area contributed by atoms with E-state index in [-0.39, 0.29) is 0 Å². The summed E-state index contributed by atoms with van der Waals surface area (Å²) in [5.41, 5.74) is 6.34. The SMILES string of the molecule is Cc1ccc(-n2ccc(N)n2)nn1. The van der Waals surface area contributed by atoms with E-state index in [9.17, 15) is 0 Å². The molecule has 2 aromatic heterocycles. The molecule has 13 heavy (non-hydrogen) atoms. The first-order chi connectivity index (χ1) is 6.25. The van der Waals surface area contributed by atoms with Crippen LogP contribution in [0.3, 0.4) is 0 Å². The summed E-state index contributed by atoms with van der Waals surface area (Å²) >= 11 is 0. The Bertz CT molecular complexity index is 403. The van der Waals surface area contributed by atoms with Gasteiger partial charge in [-0.25, -0.2) is 4.68 Å². The highest BCUT2D eigenvalue weighted by Crippen LogP contribution is 2.04.